The second kappa shape index (κ2) is 7.38. The smallest absolute Gasteiger partial charge is 0.298 e. The van der Waals surface area contributed by atoms with Gasteiger partial charge < -0.3 is 4.52 Å². The quantitative estimate of drug-likeness (QED) is 0.459. The minimum Gasteiger partial charge on any atom is -0.354 e. The van der Waals surface area contributed by atoms with Crippen molar-refractivity contribution >= 4 is 33.0 Å². The van der Waals surface area contributed by atoms with E-state index >= 15 is 0 Å². The molecule has 0 aliphatic heterocycles. The predicted octanol–water partition coefficient (Wildman–Crippen LogP) is 5.93. The minimum atomic E-state index is -4.22. The molecule has 0 saturated heterocycles. The fourth-order valence-corrected chi connectivity index (χ4v) is 3.75. The molecule has 1 aromatic heterocycles. The number of hydrogen-bond acceptors (Lipinski definition) is 4. The third-order valence-electron chi connectivity index (χ3n) is 3.77. The molecule has 3 aromatic rings. The molecule has 0 N–H and O–H groups in total. The summed E-state index contributed by atoms with van der Waals surface area (Å²) in [5.41, 5.74) is -0.737. The molecule has 0 spiro atoms. The van der Waals surface area contributed by atoms with Crippen LogP contribution < -0.4 is 0 Å². The molecule has 0 bridgehead atoms. The molecule has 0 aliphatic rings. The lowest BCUT2D eigenvalue weighted by molar-refractivity contribution is 0.113. The number of sulfone groups is 1. The van der Waals surface area contributed by atoms with Crippen molar-refractivity contribution in [2.75, 3.05) is 6.26 Å². The lowest BCUT2D eigenvalue weighted by Gasteiger charge is -2.09. The maximum absolute atomic E-state index is 14.3. The molecule has 28 heavy (non-hydrogen) atoms. The van der Waals surface area contributed by atoms with Gasteiger partial charge in [-0.05, 0) is 29.8 Å². The van der Waals surface area contributed by atoms with Gasteiger partial charge in [-0.25, -0.2) is 26.0 Å². The van der Waals surface area contributed by atoms with Crippen LogP contribution in [0.2, 0.25) is 10.0 Å². The Morgan fingerprint density at radius 2 is 1.61 bits per heavy atom. The Morgan fingerprint density at radius 1 is 1.00 bits per heavy atom. The highest BCUT2D eigenvalue weighted by atomic mass is 35.5. The van der Waals surface area contributed by atoms with E-state index in [1.807, 2.05) is 0 Å². The van der Waals surface area contributed by atoms with E-state index in [-0.39, 0.29) is 26.9 Å². The highest BCUT2D eigenvalue weighted by Gasteiger charge is 2.29. The van der Waals surface area contributed by atoms with Crippen LogP contribution in [0.4, 0.5) is 17.6 Å². The van der Waals surface area contributed by atoms with Gasteiger partial charge in [-0.1, -0.05) is 34.4 Å². The summed E-state index contributed by atoms with van der Waals surface area (Å²) < 4.78 is 83.1. The Balaban J connectivity index is 2.30. The normalized spacial score (nSPS) is 12.0. The summed E-state index contributed by atoms with van der Waals surface area (Å²) in [4.78, 5) is -1.16. The summed E-state index contributed by atoms with van der Waals surface area (Å²) in [5.74, 6) is -3.80. The van der Waals surface area contributed by atoms with Gasteiger partial charge in [-0.15, -0.1) is 0 Å². The van der Waals surface area contributed by atoms with E-state index < -0.39 is 44.1 Å². The average molecular weight is 454 g/mol. The molecular formula is C17H9Cl2F4NO3S. The van der Waals surface area contributed by atoms with E-state index in [0.717, 1.165) is 0 Å². The van der Waals surface area contributed by atoms with Crippen molar-refractivity contribution < 1.29 is 30.5 Å². The van der Waals surface area contributed by atoms with E-state index in [4.69, 9.17) is 23.2 Å². The third-order valence-corrected chi connectivity index (χ3v) is 5.64. The third kappa shape index (κ3) is 3.74. The van der Waals surface area contributed by atoms with E-state index in [0.29, 0.717) is 18.4 Å². The zero-order chi connectivity index (χ0) is 20.8. The van der Waals surface area contributed by atoms with Gasteiger partial charge in [0.25, 0.3) is 6.43 Å². The van der Waals surface area contributed by atoms with Gasteiger partial charge in [-0.3, -0.25) is 0 Å². The number of nitrogens with zero attached hydrogens (tertiary/aromatic N) is 1. The molecule has 4 nitrogen and oxygen atoms in total. The Bertz CT molecular complexity index is 1160. The van der Waals surface area contributed by atoms with Crippen LogP contribution in [0.3, 0.4) is 0 Å². The van der Waals surface area contributed by atoms with Crippen LogP contribution in [-0.4, -0.2) is 19.8 Å². The van der Waals surface area contributed by atoms with E-state index in [9.17, 15) is 26.0 Å². The van der Waals surface area contributed by atoms with Crippen LogP contribution in [-0.2, 0) is 9.84 Å². The van der Waals surface area contributed by atoms with Crippen molar-refractivity contribution in [1.29, 1.82) is 0 Å². The summed E-state index contributed by atoms with van der Waals surface area (Å²) >= 11 is 11.8. The molecule has 0 atom stereocenters. The molecule has 3 rings (SSSR count). The monoisotopic (exact) mass is 453 g/mol. The molecule has 0 radical (unpaired) electrons. The van der Waals surface area contributed by atoms with Crippen molar-refractivity contribution in [2.24, 2.45) is 0 Å². The topological polar surface area (TPSA) is 60.2 Å². The van der Waals surface area contributed by atoms with Crippen LogP contribution in [0, 0.1) is 11.6 Å². The van der Waals surface area contributed by atoms with E-state index in [1.165, 1.54) is 18.2 Å². The molecule has 0 unspecified atom stereocenters. The SMILES string of the molecule is CS(=O)(=O)c1c(F)cc(-c2c(-c3ccc(Cl)c(Cl)c3)noc2C(F)F)cc1F. The minimum absolute atomic E-state index is 0.0940. The van der Waals surface area contributed by atoms with Crippen LogP contribution in [0.25, 0.3) is 22.4 Å². The van der Waals surface area contributed by atoms with Crippen LogP contribution >= 0.6 is 23.2 Å². The fourth-order valence-electron chi connectivity index (χ4n) is 2.63. The van der Waals surface area contributed by atoms with Crippen molar-refractivity contribution in [3.05, 3.63) is 57.8 Å². The van der Waals surface area contributed by atoms with Gasteiger partial charge in [0.2, 0.25) is 5.76 Å². The zero-order valence-corrected chi connectivity index (χ0v) is 16.1. The maximum Gasteiger partial charge on any atom is 0.298 e. The number of aromatic nitrogens is 1. The van der Waals surface area contributed by atoms with Gasteiger partial charge in [0.1, 0.15) is 22.2 Å². The number of halogens is 6. The second-order valence-electron chi connectivity index (χ2n) is 5.74. The highest BCUT2D eigenvalue weighted by Crippen LogP contribution is 2.41. The molecule has 0 aliphatic carbocycles. The Hall–Kier alpha value is -2.10. The number of benzene rings is 2. The van der Waals surface area contributed by atoms with Gasteiger partial charge in [0.15, 0.2) is 9.84 Å². The van der Waals surface area contributed by atoms with E-state index in [1.54, 1.807) is 0 Å². The first-order chi connectivity index (χ1) is 13.0. The molecule has 11 heteroatoms. The van der Waals surface area contributed by atoms with Crippen LogP contribution in [0.1, 0.15) is 12.2 Å². The first-order valence-corrected chi connectivity index (χ1v) is 10.1. The van der Waals surface area contributed by atoms with Gasteiger partial charge in [0.05, 0.1) is 15.6 Å². The second-order valence-corrected chi connectivity index (χ2v) is 8.51. The Morgan fingerprint density at radius 3 is 2.11 bits per heavy atom. The molecule has 148 valence electrons. The highest BCUT2D eigenvalue weighted by molar-refractivity contribution is 7.90. The fraction of sp³-hybridized carbons (Fsp3) is 0.118. The van der Waals surface area contributed by atoms with Gasteiger partial charge >= 0.3 is 0 Å². The van der Waals surface area contributed by atoms with Crippen molar-refractivity contribution in [3.8, 4) is 22.4 Å². The number of alkyl halides is 2. The zero-order valence-electron chi connectivity index (χ0n) is 13.8. The average Bonchev–Trinajstić information content (AvgIpc) is 3.00. The molecule has 1 heterocycles. The summed E-state index contributed by atoms with van der Waals surface area (Å²) in [6, 6.07) is 5.35. The van der Waals surface area contributed by atoms with E-state index in [2.05, 4.69) is 9.68 Å². The molecule has 0 saturated carbocycles. The first kappa shape index (κ1) is 20.6. The Kier molecular flexibility index (Phi) is 5.44. The first-order valence-electron chi connectivity index (χ1n) is 7.43. The predicted molar refractivity (Wildman–Crippen MR) is 95.4 cm³/mol. The van der Waals surface area contributed by atoms with Crippen LogP contribution in [0.5, 0.6) is 0 Å². The maximum atomic E-state index is 14.3. The van der Waals surface area contributed by atoms with Gasteiger partial charge in [-0.2, -0.15) is 0 Å². The lowest BCUT2D eigenvalue weighted by atomic mass is 9.99. The van der Waals surface area contributed by atoms with Crippen molar-refractivity contribution in [3.63, 3.8) is 0 Å². The summed E-state index contributed by atoms with van der Waals surface area (Å²) in [5, 5.41) is 3.85. The number of hydrogen-bond donors (Lipinski definition) is 0. The summed E-state index contributed by atoms with van der Waals surface area (Å²) in [6.07, 6.45) is -2.53. The molecule has 2 aromatic carbocycles. The molecule has 0 fully saturated rings. The summed E-state index contributed by atoms with van der Waals surface area (Å²) in [6.45, 7) is 0. The standard InChI is InChI=1S/C17H9Cl2F4NO3S/c1-28(25,26)16-11(20)5-8(6-12(16)21)13-14(24-27-15(13)17(22)23)7-2-3-9(18)10(19)4-7/h2-6,17H,1H3. The van der Waals surface area contributed by atoms with Crippen molar-refractivity contribution in [1.82, 2.24) is 5.16 Å². The largest absolute Gasteiger partial charge is 0.354 e. The van der Waals surface area contributed by atoms with Gasteiger partial charge in [0, 0.05) is 11.8 Å². The van der Waals surface area contributed by atoms with Crippen LogP contribution in [0.15, 0.2) is 39.8 Å². The summed E-state index contributed by atoms with van der Waals surface area (Å²) in [7, 11) is -4.22. The molecule has 0 amide bonds. The van der Waals surface area contributed by atoms with Crippen molar-refractivity contribution in [2.45, 2.75) is 11.3 Å². The Labute approximate surface area is 166 Å². The lowest BCUT2D eigenvalue weighted by Crippen LogP contribution is -2.05. The number of rotatable bonds is 4. The molecular weight excluding hydrogens is 445 g/mol.